The van der Waals surface area contributed by atoms with Crippen LogP contribution in [0.1, 0.15) is 42.9 Å². The molecule has 3 nitrogen and oxygen atoms in total. The first-order valence-corrected chi connectivity index (χ1v) is 8.91. The zero-order valence-corrected chi connectivity index (χ0v) is 15.0. The van der Waals surface area contributed by atoms with Gasteiger partial charge in [0.1, 0.15) is 17.3 Å². The monoisotopic (exact) mass is 343 g/mol. The molecule has 1 aliphatic rings. The fourth-order valence-electron chi connectivity index (χ4n) is 3.65. The van der Waals surface area contributed by atoms with Crippen LogP contribution in [0.3, 0.4) is 0 Å². The van der Waals surface area contributed by atoms with Crippen LogP contribution in [0.25, 0.3) is 0 Å². The highest BCUT2D eigenvalue weighted by molar-refractivity contribution is 5.40. The Labute approximate surface area is 149 Å². The van der Waals surface area contributed by atoms with Gasteiger partial charge in [0, 0.05) is 24.2 Å². The molecule has 0 unspecified atom stereocenters. The lowest BCUT2D eigenvalue weighted by Gasteiger charge is -2.31. The molecule has 0 aromatic heterocycles. The summed E-state index contributed by atoms with van der Waals surface area (Å²) in [4.78, 5) is 2.45. The van der Waals surface area contributed by atoms with Crippen molar-refractivity contribution >= 4 is 0 Å². The van der Waals surface area contributed by atoms with E-state index in [2.05, 4.69) is 11.0 Å². The molecule has 1 saturated heterocycles. The smallest absolute Gasteiger partial charge is 0.127 e. The molecule has 2 aromatic carbocycles. The zero-order valence-electron chi connectivity index (χ0n) is 15.0. The molecule has 0 amide bonds. The quantitative estimate of drug-likeness (QED) is 0.766. The third-order valence-electron chi connectivity index (χ3n) is 4.96. The normalized spacial score (nSPS) is 18.6. The molecule has 4 heteroatoms. The first kappa shape index (κ1) is 17.7. The average Bonchev–Trinajstić information content (AvgIpc) is 2.87. The predicted octanol–water partition coefficient (Wildman–Crippen LogP) is 4.96. The molecule has 0 radical (unpaired) electrons. The number of likely N-dealkylation sites (tertiary alicyclic amines) is 1. The van der Waals surface area contributed by atoms with E-state index in [-0.39, 0.29) is 11.9 Å². The summed E-state index contributed by atoms with van der Waals surface area (Å²) in [6, 6.07) is 13.2. The van der Waals surface area contributed by atoms with Crippen molar-refractivity contribution in [2.75, 3.05) is 20.8 Å². The standard InChI is InChI=1S/C21H26FNO2/c1-24-19-11-10-17(21(14-19)25-2)15-23-12-5-3-4-9-20(23)16-7-6-8-18(22)13-16/h6-8,10-11,13-14,20H,3-5,9,12,15H2,1-2H3/t20-/m1/s1. The lowest BCUT2D eigenvalue weighted by atomic mass is 10.00. The van der Waals surface area contributed by atoms with Crippen LogP contribution in [0, 0.1) is 5.82 Å². The van der Waals surface area contributed by atoms with Gasteiger partial charge in [-0.25, -0.2) is 4.39 Å². The van der Waals surface area contributed by atoms with E-state index < -0.39 is 0 Å². The second kappa shape index (κ2) is 8.34. The molecular weight excluding hydrogens is 317 g/mol. The van der Waals surface area contributed by atoms with Crippen LogP contribution in [0.4, 0.5) is 4.39 Å². The van der Waals surface area contributed by atoms with Gasteiger partial charge in [0.25, 0.3) is 0 Å². The van der Waals surface area contributed by atoms with Crippen molar-refractivity contribution in [1.29, 1.82) is 0 Å². The van der Waals surface area contributed by atoms with Crippen LogP contribution in [0.2, 0.25) is 0 Å². The lowest BCUT2D eigenvalue weighted by molar-refractivity contribution is 0.189. The number of nitrogens with zero attached hydrogens (tertiary/aromatic N) is 1. The van der Waals surface area contributed by atoms with E-state index >= 15 is 0 Å². The van der Waals surface area contributed by atoms with Crippen LogP contribution in [-0.2, 0) is 6.54 Å². The summed E-state index contributed by atoms with van der Waals surface area (Å²) in [5.74, 6) is 1.46. The summed E-state index contributed by atoms with van der Waals surface area (Å²) < 4.78 is 24.6. The molecule has 2 aromatic rings. The maximum atomic E-state index is 13.7. The molecule has 3 rings (SSSR count). The Hall–Kier alpha value is -2.07. The summed E-state index contributed by atoms with van der Waals surface area (Å²) >= 11 is 0. The predicted molar refractivity (Wildman–Crippen MR) is 97.6 cm³/mol. The van der Waals surface area contributed by atoms with Gasteiger partial charge in [-0.05, 0) is 43.1 Å². The average molecular weight is 343 g/mol. The molecule has 0 bridgehead atoms. The van der Waals surface area contributed by atoms with Gasteiger partial charge in [0.05, 0.1) is 14.2 Å². The van der Waals surface area contributed by atoms with Gasteiger partial charge in [-0.3, -0.25) is 4.90 Å². The van der Waals surface area contributed by atoms with E-state index in [0.29, 0.717) is 0 Å². The van der Waals surface area contributed by atoms with Crippen molar-refractivity contribution in [2.45, 2.75) is 38.3 Å². The second-order valence-electron chi connectivity index (χ2n) is 6.57. The largest absolute Gasteiger partial charge is 0.497 e. The lowest BCUT2D eigenvalue weighted by Crippen LogP contribution is -2.28. The van der Waals surface area contributed by atoms with E-state index in [9.17, 15) is 4.39 Å². The molecule has 1 atom stereocenters. The van der Waals surface area contributed by atoms with E-state index in [1.54, 1.807) is 20.3 Å². The number of methoxy groups -OCH3 is 2. The third-order valence-corrected chi connectivity index (χ3v) is 4.96. The summed E-state index contributed by atoms with van der Waals surface area (Å²) in [6.07, 6.45) is 4.63. The summed E-state index contributed by atoms with van der Waals surface area (Å²) in [5, 5.41) is 0. The fourth-order valence-corrected chi connectivity index (χ4v) is 3.65. The number of ether oxygens (including phenoxy) is 2. The molecule has 0 N–H and O–H groups in total. The molecule has 0 spiro atoms. The Morgan fingerprint density at radius 1 is 1.04 bits per heavy atom. The Morgan fingerprint density at radius 3 is 2.68 bits per heavy atom. The van der Waals surface area contributed by atoms with Crippen LogP contribution >= 0.6 is 0 Å². The van der Waals surface area contributed by atoms with Crippen LogP contribution < -0.4 is 9.47 Å². The van der Waals surface area contributed by atoms with Crippen LogP contribution in [-0.4, -0.2) is 25.7 Å². The first-order valence-electron chi connectivity index (χ1n) is 8.91. The summed E-state index contributed by atoms with van der Waals surface area (Å²) in [5.41, 5.74) is 2.20. The van der Waals surface area contributed by atoms with E-state index in [4.69, 9.17) is 9.47 Å². The van der Waals surface area contributed by atoms with Crippen molar-refractivity contribution in [1.82, 2.24) is 4.90 Å². The Balaban J connectivity index is 1.87. The minimum atomic E-state index is -0.163. The molecule has 134 valence electrons. The highest BCUT2D eigenvalue weighted by atomic mass is 19.1. The number of benzene rings is 2. The van der Waals surface area contributed by atoms with Gasteiger partial charge in [0.2, 0.25) is 0 Å². The number of rotatable bonds is 5. The van der Waals surface area contributed by atoms with Gasteiger partial charge in [-0.1, -0.05) is 31.0 Å². The maximum Gasteiger partial charge on any atom is 0.127 e. The van der Waals surface area contributed by atoms with Crippen LogP contribution in [0.15, 0.2) is 42.5 Å². The van der Waals surface area contributed by atoms with Crippen LogP contribution in [0.5, 0.6) is 11.5 Å². The molecule has 1 aliphatic heterocycles. The molecule has 1 heterocycles. The topological polar surface area (TPSA) is 21.7 Å². The Kier molecular flexibility index (Phi) is 5.92. The fraction of sp³-hybridized carbons (Fsp3) is 0.429. The molecular formula is C21H26FNO2. The molecule has 0 aliphatic carbocycles. The van der Waals surface area contributed by atoms with Gasteiger partial charge >= 0.3 is 0 Å². The zero-order chi connectivity index (χ0) is 17.6. The van der Waals surface area contributed by atoms with Gasteiger partial charge in [0.15, 0.2) is 0 Å². The number of halogens is 1. The highest BCUT2D eigenvalue weighted by Crippen LogP contribution is 2.34. The Morgan fingerprint density at radius 2 is 1.92 bits per heavy atom. The second-order valence-corrected chi connectivity index (χ2v) is 6.57. The summed E-state index contributed by atoms with van der Waals surface area (Å²) in [6.45, 7) is 1.80. The number of hydrogen-bond acceptors (Lipinski definition) is 3. The van der Waals surface area contributed by atoms with Crippen molar-refractivity contribution in [3.05, 3.63) is 59.4 Å². The molecule has 0 saturated carbocycles. The Bertz CT molecular complexity index is 704. The van der Waals surface area contributed by atoms with Gasteiger partial charge in [-0.15, -0.1) is 0 Å². The van der Waals surface area contributed by atoms with Crippen molar-refractivity contribution < 1.29 is 13.9 Å². The maximum absolute atomic E-state index is 13.7. The van der Waals surface area contributed by atoms with E-state index in [1.165, 1.54) is 25.3 Å². The number of hydrogen-bond donors (Lipinski definition) is 0. The third kappa shape index (κ3) is 4.31. The SMILES string of the molecule is COc1ccc(CN2CCCCC[C@@H]2c2cccc(F)c2)c(OC)c1. The molecule has 1 fully saturated rings. The minimum Gasteiger partial charge on any atom is -0.497 e. The van der Waals surface area contributed by atoms with Gasteiger partial charge in [-0.2, -0.15) is 0 Å². The van der Waals surface area contributed by atoms with E-state index in [1.807, 2.05) is 24.3 Å². The van der Waals surface area contributed by atoms with Crippen molar-refractivity contribution in [2.24, 2.45) is 0 Å². The van der Waals surface area contributed by atoms with Crippen molar-refractivity contribution in [3.8, 4) is 11.5 Å². The minimum absolute atomic E-state index is 0.163. The summed E-state index contributed by atoms with van der Waals surface area (Å²) in [7, 11) is 3.34. The van der Waals surface area contributed by atoms with Crippen molar-refractivity contribution in [3.63, 3.8) is 0 Å². The first-order chi connectivity index (χ1) is 12.2. The highest BCUT2D eigenvalue weighted by Gasteiger charge is 2.24. The molecule has 25 heavy (non-hydrogen) atoms. The van der Waals surface area contributed by atoms with Gasteiger partial charge < -0.3 is 9.47 Å². The van der Waals surface area contributed by atoms with E-state index in [0.717, 1.165) is 42.1 Å².